The zero-order valence-electron chi connectivity index (χ0n) is 7.84. The number of benzene rings is 1. The van der Waals surface area contributed by atoms with Crippen molar-refractivity contribution in [3.05, 3.63) is 35.7 Å². The zero-order valence-corrected chi connectivity index (χ0v) is 7.84. The molecule has 0 aliphatic heterocycles. The van der Waals surface area contributed by atoms with E-state index in [1.54, 1.807) is 12.1 Å². The van der Waals surface area contributed by atoms with Crippen molar-refractivity contribution in [3.63, 3.8) is 0 Å². The maximum absolute atomic E-state index is 13.1. The molecule has 0 spiro atoms. The highest BCUT2D eigenvalue weighted by Crippen LogP contribution is 2.29. The molecule has 0 heterocycles. The van der Waals surface area contributed by atoms with Crippen LogP contribution in [0.4, 0.5) is 4.39 Å². The van der Waals surface area contributed by atoms with E-state index in [1.165, 1.54) is 6.07 Å². The third-order valence-electron chi connectivity index (χ3n) is 1.97. The molecule has 0 bridgehead atoms. The van der Waals surface area contributed by atoms with Gasteiger partial charge in [-0.3, -0.25) is 0 Å². The Morgan fingerprint density at radius 3 is 2.54 bits per heavy atom. The predicted molar refractivity (Wildman–Crippen MR) is 52.2 cm³/mol. The summed E-state index contributed by atoms with van der Waals surface area (Å²) in [5, 5.41) is 9.38. The first kappa shape index (κ1) is 9.78. The topological polar surface area (TPSA) is 20.2 Å². The Balaban J connectivity index is 3.32. The quantitative estimate of drug-likeness (QED) is 0.740. The van der Waals surface area contributed by atoms with Crippen molar-refractivity contribution in [1.29, 1.82) is 0 Å². The minimum absolute atomic E-state index is 0.106. The molecule has 0 aliphatic carbocycles. The summed E-state index contributed by atoms with van der Waals surface area (Å²) in [5.74, 6) is -0.726. The van der Waals surface area contributed by atoms with Crippen LogP contribution in [0, 0.1) is 5.82 Å². The molecule has 0 fully saturated rings. The van der Waals surface area contributed by atoms with Gasteiger partial charge in [0.15, 0.2) is 11.6 Å². The SMILES string of the molecule is C=Cc1cc(F)c(O)c(C(C)C)c1. The van der Waals surface area contributed by atoms with Crippen LogP contribution in [0.1, 0.15) is 30.9 Å². The molecule has 13 heavy (non-hydrogen) atoms. The Morgan fingerprint density at radius 2 is 2.08 bits per heavy atom. The molecule has 2 heteroatoms. The zero-order chi connectivity index (χ0) is 10.0. The third kappa shape index (κ3) is 1.89. The number of phenols is 1. The molecule has 70 valence electrons. The fourth-order valence-corrected chi connectivity index (χ4v) is 1.20. The van der Waals surface area contributed by atoms with Gasteiger partial charge in [0.1, 0.15) is 0 Å². The van der Waals surface area contributed by atoms with E-state index >= 15 is 0 Å². The lowest BCUT2D eigenvalue weighted by atomic mass is 9.99. The maximum atomic E-state index is 13.1. The second-order valence-corrected chi connectivity index (χ2v) is 3.30. The van der Waals surface area contributed by atoms with Gasteiger partial charge in [0, 0.05) is 5.56 Å². The molecule has 1 rings (SSSR count). The van der Waals surface area contributed by atoms with Crippen LogP contribution < -0.4 is 0 Å². The summed E-state index contributed by atoms with van der Waals surface area (Å²) in [4.78, 5) is 0. The van der Waals surface area contributed by atoms with E-state index in [0.29, 0.717) is 11.1 Å². The first-order chi connectivity index (χ1) is 6.06. The van der Waals surface area contributed by atoms with Crippen LogP contribution in [0.3, 0.4) is 0 Å². The van der Waals surface area contributed by atoms with Crippen LogP contribution in [0.15, 0.2) is 18.7 Å². The van der Waals surface area contributed by atoms with E-state index in [0.717, 1.165) is 0 Å². The number of hydrogen-bond acceptors (Lipinski definition) is 1. The van der Waals surface area contributed by atoms with Gasteiger partial charge in [-0.15, -0.1) is 0 Å². The van der Waals surface area contributed by atoms with E-state index in [2.05, 4.69) is 6.58 Å². The van der Waals surface area contributed by atoms with Crippen molar-refractivity contribution < 1.29 is 9.50 Å². The molecule has 1 N–H and O–H groups in total. The summed E-state index contributed by atoms with van der Waals surface area (Å²) in [5.41, 5.74) is 1.31. The summed E-state index contributed by atoms with van der Waals surface area (Å²) in [6.07, 6.45) is 1.56. The highest BCUT2D eigenvalue weighted by molar-refractivity contribution is 5.52. The van der Waals surface area contributed by atoms with Crippen LogP contribution in [0.5, 0.6) is 5.75 Å². The molecule has 0 atom stereocenters. The van der Waals surface area contributed by atoms with Crippen LogP contribution in [0.2, 0.25) is 0 Å². The Bertz CT molecular complexity index is 329. The van der Waals surface area contributed by atoms with E-state index in [-0.39, 0.29) is 11.7 Å². The molecule has 0 aliphatic rings. The van der Waals surface area contributed by atoms with E-state index < -0.39 is 5.82 Å². The molecule has 1 aromatic carbocycles. The number of rotatable bonds is 2. The minimum Gasteiger partial charge on any atom is -0.505 e. The molecule has 0 unspecified atom stereocenters. The monoisotopic (exact) mass is 180 g/mol. The second-order valence-electron chi connectivity index (χ2n) is 3.30. The fourth-order valence-electron chi connectivity index (χ4n) is 1.20. The molecular formula is C11H13FO. The lowest BCUT2D eigenvalue weighted by Crippen LogP contribution is -1.92. The molecular weight excluding hydrogens is 167 g/mol. The smallest absolute Gasteiger partial charge is 0.165 e. The highest BCUT2D eigenvalue weighted by Gasteiger charge is 2.11. The largest absolute Gasteiger partial charge is 0.505 e. The van der Waals surface area contributed by atoms with Gasteiger partial charge >= 0.3 is 0 Å². The lowest BCUT2D eigenvalue weighted by Gasteiger charge is -2.09. The first-order valence-electron chi connectivity index (χ1n) is 4.21. The summed E-state index contributed by atoms with van der Waals surface area (Å²) >= 11 is 0. The molecule has 0 radical (unpaired) electrons. The van der Waals surface area contributed by atoms with Crippen molar-refractivity contribution in [2.45, 2.75) is 19.8 Å². The van der Waals surface area contributed by atoms with Crippen molar-refractivity contribution in [3.8, 4) is 5.75 Å². The molecule has 1 nitrogen and oxygen atoms in total. The van der Waals surface area contributed by atoms with E-state index in [1.807, 2.05) is 13.8 Å². The van der Waals surface area contributed by atoms with E-state index in [9.17, 15) is 9.50 Å². The van der Waals surface area contributed by atoms with Crippen LogP contribution >= 0.6 is 0 Å². The van der Waals surface area contributed by atoms with Crippen molar-refractivity contribution in [2.24, 2.45) is 0 Å². The maximum Gasteiger partial charge on any atom is 0.165 e. The molecule has 0 aromatic heterocycles. The molecule has 0 saturated carbocycles. The van der Waals surface area contributed by atoms with E-state index in [4.69, 9.17) is 0 Å². The number of aromatic hydroxyl groups is 1. The molecule has 0 amide bonds. The summed E-state index contributed by atoms with van der Waals surface area (Å²) in [7, 11) is 0. The second kappa shape index (κ2) is 3.60. The Morgan fingerprint density at radius 1 is 1.46 bits per heavy atom. The van der Waals surface area contributed by atoms with Gasteiger partial charge in [-0.05, 0) is 23.6 Å². The number of halogens is 1. The van der Waals surface area contributed by atoms with Crippen LogP contribution in [-0.4, -0.2) is 5.11 Å². The number of phenolic OH excluding ortho intramolecular Hbond substituents is 1. The van der Waals surface area contributed by atoms with Crippen molar-refractivity contribution in [1.82, 2.24) is 0 Å². The van der Waals surface area contributed by atoms with Crippen molar-refractivity contribution >= 4 is 6.08 Å². The van der Waals surface area contributed by atoms with Crippen LogP contribution in [-0.2, 0) is 0 Å². The Labute approximate surface area is 77.5 Å². The average molecular weight is 180 g/mol. The minimum atomic E-state index is -0.582. The van der Waals surface area contributed by atoms with Gasteiger partial charge in [-0.25, -0.2) is 4.39 Å². The Hall–Kier alpha value is -1.31. The van der Waals surface area contributed by atoms with Gasteiger partial charge in [0.25, 0.3) is 0 Å². The molecule has 0 saturated heterocycles. The summed E-state index contributed by atoms with van der Waals surface area (Å²) < 4.78 is 13.1. The van der Waals surface area contributed by atoms with Gasteiger partial charge in [-0.1, -0.05) is 26.5 Å². The highest BCUT2D eigenvalue weighted by atomic mass is 19.1. The van der Waals surface area contributed by atoms with Gasteiger partial charge in [0.05, 0.1) is 0 Å². The van der Waals surface area contributed by atoms with Gasteiger partial charge in [-0.2, -0.15) is 0 Å². The summed E-state index contributed by atoms with van der Waals surface area (Å²) in [6, 6.07) is 3.02. The van der Waals surface area contributed by atoms with Gasteiger partial charge < -0.3 is 5.11 Å². The third-order valence-corrected chi connectivity index (χ3v) is 1.97. The normalized spacial score (nSPS) is 10.5. The lowest BCUT2D eigenvalue weighted by molar-refractivity contribution is 0.423. The standard InChI is InChI=1S/C11H13FO/c1-4-8-5-9(7(2)3)11(13)10(12)6-8/h4-7,13H,1H2,2-3H3. The first-order valence-corrected chi connectivity index (χ1v) is 4.21. The number of hydrogen-bond donors (Lipinski definition) is 1. The summed E-state index contributed by atoms with van der Waals surface area (Å²) in [6.45, 7) is 7.36. The molecule has 1 aromatic rings. The fraction of sp³-hybridized carbons (Fsp3) is 0.273. The predicted octanol–water partition coefficient (Wildman–Crippen LogP) is 3.30. The van der Waals surface area contributed by atoms with Crippen molar-refractivity contribution in [2.75, 3.05) is 0 Å². The Kier molecular flexibility index (Phi) is 2.71. The average Bonchev–Trinajstić information content (AvgIpc) is 2.09. The van der Waals surface area contributed by atoms with Gasteiger partial charge in [0.2, 0.25) is 0 Å². The van der Waals surface area contributed by atoms with Crippen LogP contribution in [0.25, 0.3) is 6.08 Å².